The van der Waals surface area contributed by atoms with Crippen molar-refractivity contribution in [2.45, 2.75) is 202 Å². The number of aromatic amines is 4. The van der Waals surface area contributed by atoms with E-state index in [-0.39, 0.29) is 102 Å². The van der Waals surface area contributed by atoms with Crippen molar-refractivity contribution in [1.82, 2.24) is 116 Å². The number of benzene rings is 5. The highest BCUT2D eigenvalue weighted by molar-refractivity contribution is 6.05. The zero-order valence-electron chi connectivity index (χ0n) is 85.6. The maximum absolute atomic E-state index is 13.6. The van der Waals surface area contributed by atoms with E-state index in [2.05, 4.69) is 166 Å². The molecule has 8 aliphatic rings. The zero-order chi connectivity index (χ0) is 103. The summed E-state index contributed by atoms with van der Waals surface area (Å²) in [5.41, 5.74) is 10.9. The molecule has 2 saturated carbocycles. The Morgan fingerprint density at radius 3 is 1.08 bits per heavy atom. The average Bonchev–Trinajstić information content (AvgIpc) is 1.53. The Hall–Kier alpha value is -14.4. The molecule has 10 heterocycles. The van der Waals surface area contributed by atoms with Crippen LogP contribution in [0.4, 0.5) is 48.1 Å². The van der Waals surface area contributed by atoms with Gasteiger partial charge in [0.2, 0.25) is 23.6 Å². The molecule has 6 aliphatic heterocycles. The number of urea groups is 4. The van der Waals surface area contributed by atoms with Gasteiger partial charge in [-0.25, -0.2) is 19.2 Å². The summed E-state index contributed by atoms with van der Waals surface area (Å²) in [7, 11) is 16.0. The number of anilines is 5. The summed E-state index contributed by atoms with van der Waals surface area (Å²) in [4.78, 5) is 133. The van der Waals surface area contributed by atoms with Crippen molar-refractivity contribution >= 4 is 82.6 Å². The number of amides is 13. The van der Waals surface area contributed by atoms with Gasteiger partial charge >= 0.3 is 24.1 Å². The monoisotopic (exact) mass is 1970 g/mol. The fourth-order valence-electron chi connectivity index (χ4n) is 20.4. The minimum atomic E-state index is -0.539. The zero-order valence-corrected chi connectivity index (χ0v) is 85.6. The first-order chi connectivity index (χ1) is 68.9. The maximum atomic E-state index is 13.6. The molecule has 5 atom stereocenters. The summed E-state index contributed by atoms with van der Waals surface area (Å²) in [6.07, 6.45) is 14.2. The number of piperidine rings is 2. The molecule has 1 unspecified atom stereocenters. The van der Waals surface area contributed by atoms with Crippen molar-refractivity contribution in [3.05, 3.63) is 269 Å². The number of H-pyrrole nitrogens is 4. The first-order valence-electron chi connectivity index (χ1n) is 49.7. The molecular formula is C107H144N28O9. The molecule has 1 spiro atoms. The van der Waals surface area contributed by atoms with Crippen molar-refractivity contribution in [2.24, 2.45) is 0 Å². The van der Waals surface area contributed by atoms with Gasteiger partial charge in [-0.1, -0.05) is 148 Å². The summed E-state index contributed by atoms with van der Waals surface area (Å²) >= 11 is 0. The largest absolute Gasteiger partial charge is 0.366 e. The Balaban J connectivity index is 0.000000152. The number of hydrogen-bond acceptors (Lipinski definition) is 20. The fourth-order valence-corrected chi connectivity index (χ4v) is 20.4. The Labute approximate surface area is 844 Å². The van der Waals surface area contributed by atoms with E-state index in [9.17, 15) is 43.2 Å². The smallest absolute Gasteiger partial charge is 0.319 e. The molecular weight excluding hydrogens is 1820 g/mol. The standard InChI is InChI=1S/C28H31N7O3.C27H39N7O2.2C26H37N7O2/c1-4-23(36)29-20-12-10-19(11-13-20)26(37)31-25-21-16-35(28(14-15-28)24(21)32-33-25)27(38)30-22(17-34(2)3)18-8-6-5-7-9-18;1-6-23(35)28-19-12-14-20(15-13-19)29-25-21-16-34(27(2,3)24(21)31-32-25)26(36)30-22(17-33(4)5)18-10-8-7-9-11-18;1-6-22(34)32-14-10-13-19(15-32)27-24-20-16-33(26(2,3)23(20)29-30-24)25(35)28-21(17-31(4)5)18-11-8-7-9-12-18;1-6-22(34)32-14-12-19(13-15-32)27-24-20-16-33(26(2,3)23(20)29-30-24)25(35)28-21(17-31(4)5)18-10-8-7-9-11-18/h4-13,22H,1,14-17H2,2-3H3,(H,29,36)(H,30,38)(H2,31,32,33,37);6-11,19-20,22H,1,12-17H2,2-5H3,(H,28,35)(H,30,36)(H2,29,31,32);6-9,11-12,19,21H,1,10,13-17H2,2-5H3,(H,28,35)(H2,27,29,30);6-11,19,21H,1,12-17H2,2-5H3,(H,28,35)(H2,27,29,30)/t22-;19?,20?,22-;19?,21-;21-/m1111/s1. The summed E-state index contributed by atoms with van der Waals surface area (Å²) in [6, 6.07) is 46.5. The van der Waals surface area contributed by atoms with Gasteiger partial charge in [0, 0.05) is 110 Å². The van der Waals surface area contributed by atoms with E-state index in [0.717, 1.165) is 155 Å². The van der Waals surface area contributed by atoms with Crippen LogP contribution >= 0.6 is 0 Å². The van der Waals surface area contributed by atoms with Crippen LogP contribution in [0.2, 0.25) is 0 Å². The van der Waals surface area contributed by atoms with Crippen LogP contribution in [0, 0.1) is 0 Å². The first kappa shape index (κ1) is 105. The normalized spacial score (nSPS) is 18.8. The molecule has 14 N–H and O–H groups in total. The van der Waals surface area contributed by atoms with Crippen molar-refractivity contribution < 1.29 is 43.2 Å². The van der Waals surface area contributed by atoms with Crippen LogP contribution in [0.3, 0.4) is 0 Å². The molecule has 0 bridgehead atoms. The highest BCUT2D eigenvalue weighted by atomic mass is 16.2. The van der Waals surface area contributed by atoms with Crippen LogP contribution < -0.4 is 53.2 Å². The van der Waals surface area contributed by atoms with Crippen LogP contribution in [0.25, 0.3) is 0 Å². The van der Waals surface area contributed by atoms with Gasteiger partial charge in [-0.2, -0.15) is 20.4 Å². The topological polar surface area (TPSA) is 421 Å². The molecule has 37 nitrogen and oxygen atoms in total. The van der Waals surface area contributed by atoms with Gasteiger partial charge in [0.1, 0.15) is 0 Å². The van der Waals surface area contributed by atoms with Gasteiger partial charge in [0.25, 0.3) is 5.91 Å². The minimum absolute atomic E-state index is 0.0180. The van der Waals surface area contributed by atoms with E-state index < -0.39 is 22.2 Å². The first-order valence-corrected chi connectivity index (χ1v) is 49.7. The number of rotatable bonds is 30. The second kappa shape index (κ2) is 46.3. The number of likely N-dealkylation sites (N-methyl/N-ethyl adjacent to an activating group) is 4. The maximum Gasteiger partial charge on any atom is 0.319 e. The lowest BCUT2D eigenvalue weighted by Gasteiger charge is -2.34. The molecule has 0 radical (unpaired) electrons. The Bertz CT molecular complexity index is 5990. The number of aromatic nitrogens is 8. The highest BCUT2D eigenvalue weighted by Gasteiger charge is 2.59. The quantitative estimate of drug-likeness (QED) is 0.0186. The lowest BCUT2D eigenvalue weighted by Crippen LogP contribution is -2.48. The van der Waals surface area contributed by atoms with Crippen molar-refractivity contribution in [2.75, 3.05) is 135 Å². The predicted octanol–water partition coefficient (Wildman–Crippen LogP) is 13.2. The molecule has 4 fully saturated rings. The van der Waals surface area contributed by atoms with Crippen LogP contribution in [0.5, 0.6) is 0 Å². The number of carbonyl (C=O) groups excluding carboxylic acids is 9. The Morgan fingerprint density at radius 2 is 0.708 bits per heavy atom. The van der Waals surface area contributed by atoms with Gasteiger partial charge < -0.3 is 102 Å². The number of nitrogens with zero attached hydrogens (tertiary/aromatic N) is 14. The summed E-state index contributed by atoms with van der Waals surface area (Å²) in [6.45, 7) is 33.7. The van der Waals surface area contributed by atoms with Crippen LogP contribution in [-0.2, 0) is 67.5 Å². The van der Waals surface area contributed by atoms with Crippen LogP contribution in [0.15, 0.2) is 196 Å². The molecule has 5 aromatic carbocycles. The van der Waals surface area contributed by atoms with Crippen molar-refractivity contribution in [1.29, 1.82) is 0 Å². The SMILES string of the molecule is C=CC(=O)N1CCC(Nc2n[nH]c3c2CN(C(=O)N[C@H](CN(C)C)c2ccccc2)C3(C)C)CC1.C=CC(=O)N1CCCC(Nc2n[nH]c3c2CN(C(=O)N[C@H](CN(C)C)c2ccccc2)C3(C)C)C1.C=CC(=O)NC1CCC(Nc2n[nH]c3c2CN(C(=O)N[C@H](CN(C)C)c2ccccc2)C3(C)C)CC1.C=CC(=O)Nc1ccc(C(=O)Nc2n[nH]c3c2CN(C(=O)N[C@H](CN(C)C)c2ccccc2)C32CC2)cc1. The van der Waals surface area contributed by atoms with Gasteiger partial charge in [0.05, 0.1) is 95.3 Å². The fraction of sp³-hybridized carbons (Fsp3) is 0.449. The number of carbonyl (C=O) groups is 9. The molecule has 766 valence electrons. The average molecular weight is 1970 g/mol. The number of nitrogens with one attached hydrogen (secondary N) is 14. The van der Waals surface area contributed by atoms with Crippen molar-refractivity contribution in [3.8, 4) is 0 Å². The third-order valence-corrected chi connectivity index (χ3v) is 28.5. The predicted molar refractivity (Wildman–Crippen MR) is 560 cm³/mol. The molecule has 2 aliphatic carbocycles. The van der Waals surface area contributed by atoms with Crippen molar-refractivity contribution in [3.63, 3.8) is 0 Å². The highest BCUT2D eigenvalue weighted by Crippen LogP contribution is 2.57. The van der Waals surface area contributed by atoms with Gasteiger partial charge in [-0.15, -0.1) is 0 Å². The lowest BCUT2D eigenvalue weighted by atomic mass is 9.91. The summed E-state index contributed by atoms with van der Waals surface area (Å²) in [5.74, 6) is 1.96. The summed E-state index contributed by atoms with van der Waals surface area (Å²) < 4.78 is 0. The molecule has 9 aromatic rings. The number of likely N-dealkylation sites (tertiary alicyclic amines) is 2. The minimum Gasteiger partial charge on any atom is -0.366 e. The molecule has 4 aromatic heterocycles. The molecule has 13 amide bonds. The van der Waals surface area contributed by atoms with E-state index in [1.54, 1.807) is 24.3 Å². The molecule has 2 saturated heterocycles. The third-order valence-electron chi connectivity index (χ3n) is 28.5. The van der Waals surface area contributed by atoms with E-state index >= 15 is 0 Å². The van der Waals surface area contributed by atoms with Gasteiger partial charge in [-0.3, -0.25) is 44.4 Å². The van der Waals surface area contributed by atoms with E-state index in [0.29, 0.717) is 89.1 Å². The third kappa shape index (κ3) is 24.9. The molecule has 37 heteroatoms. The van der Waals surface area contributed by atoms with E-state index in [1.807, 2.05) is 223 Å². The number of fused-ring (bicyclic) bond motifs is 5. The van der Waals surface area contributed by atoms with Crippen LogP contribution in [0.1, 0.15) is 208 Å². The lowest BCUT2D eigenvalue weighted by molar-refractivity contribution is -0.127. The molecule has 144 heavy (non-hydrogen) atoms. The van der Waals surface area contributed by atoms with Gasteiger partial charge in [-0.05, 0) is 233 Å². The Kier molecular flexibility index (Phi) is 33.9. The van der Waals surface area contributed by atoms with Gasteiger partial charge in [0.15, 0.2) is 23.3 Å². The second-order valence-electron chi connectivity index (χ2n) is 41.0. The van der Waals surface area contributed by atoms with Crippen LogP contribution in [-0.4, -0.2) is 276 Å². The molecule has 17 rings (SSSR count). The van der Waals surface area contributed by atoms with E-state index in [1.165, 1.54) is 24.3 Å². The van der Waals surface area contributed by atoms with E-state index in [4.69, 9.17) is 0 Å². The summed E-state index contributed by atoms with van der Waals surface area (Å²) in [5, 5.41) is 62.8. The Morgan fingerprint density at radius 1 is 0.375 bits per heavy atom. The number of hydrogen-bond donors (Lipinski definition) is 14. The second-order valence-corrected chi connectivity index (χ2v) is 41.0.